The Hall–Kier alpha value is -2.97. The zero-order chi connectivity index (χ0) is 15.9. The van der Waals surface area contributed by atoms with Gasteiger partial charge < -0.3 is 10.6 Å². The molecule has 0 saturated heterocycles. The molecule has 116 valence electrons. The molecule has 9 heteroatoms. The van der Waals surface area contributed by atoms with Crippen LogP contribution in [0.15, 0.2) is 30.6 Å². The van der Waals surface area contributed by atoms with Crippen LogP contribution < -0.4 is 10.6 Å². The summed E-state index contributed by atoms with van der Waals surface area (Å²) in [6, 6.07) is 4.08. The van der Waals surface area contributed by atoms with Crippen LogP contribution in [0, 0.1) is 17.0 Å². The number of urea groups is 1. The van der Waals surface area contributed by atoms with E-state index in [0.29, 0.717) is 24.3 Å². The highest BCUT2D eigenvalue weighted by Crippen LogP contribution is 2.21. The smallest absolute Gasteiger partial charge is 0.319 e. The number of hydrogen-bond donors (Lipinski definition) is 2. The Kier molecular flexibility index (Phi) is 5.02. The minimum Gasteiger partial charge on any atom is -0.338 e. The van der Waals surface area contributed by atoms with Crippen molar-refractivity contribution >= 4 is 17.4 Å². The van der Waals surface area contributed by atoms with Gasteiger partial charge in [0.15, 0.2) is 0 Å². The lowest BCUT2D eigenvalue weighted by Gasteiger charge is -2.08. The van der Waals surface area contributed by atoms with E-state index in [9.17, 15) is 14.9 Å². The maximum absolute atomic E-state index is 11.7. The van der Waals surface area contributed by atoms with Gasteiger partial charge in [-0.1, -0.05) is 5.21 Å². The fraction of sp³-hybridized carbons (Fsp3) is 0.308. The first-order chi connectivity index (χ1) is 10.6. The number of nitrogens with zero attached hydrogens (tertiary/aromatic N) is 4. The van der Waals surface area contributed by atoms with Gasteiger partial charge in [-0.05, 0) is 25.5 Å². The summed E-state index contributed by atoms with van der Waals surface area (Å²) in [5.41, 5.74) is 1.03. The van der Waals surface area contributed by atoms with E-state index in [1.807, 2.05) is 0 Å². The van der Waals surface area contributed by atoms with Crippen LogP contribution in [0.3, 0.4) is 0 Å². The van der Waals surface area contributed by atoms with Crippen molar-refractivity contribution in [1.82, 2.24) is 20.3 Å². The molecule has 0 saturated carbocycles. The Morgan fingerprint density at radius 2 is 2.27 bits per heavy atom. The average molecular weight is 304 g/mol. The van der Waals surface area contributed by atoms with Crippen molar-refractivity contribution < 1.29 is 9.72 Å². The van der Waals surface area contributed by atoms with E-state index in [0.717, 1.165) is 6.42 Å². The molecule has 2 aromatic rings. The first-order valence-electron chi connectivity index (χ1n) is 6.70. The molecule has 9 nitrogen and oxygen atoms in total. The summed E-state index contributed by atoms with van der Waals surface area (Å²) in [5.74, 6) is 0. The fourth-order valence-corrected chi connectivity index (χ4v) is 1.91. The normalized spacial score (nSPS) is 10.2. The highest BCUT2D eigenvalue weighted by Gasteiger charge is 2.11. The average Bonchev–Trinajstić information content (AvgIpc) is 2.96. The van der Waals surface area contributed by atoms with Crippen molar-refractivity contribution in [2.45, 2.75) is 19.9 Å². The number of nitrogens with one attached hydrogen (secondary N) is 2. The molecule has 0 aliphatic carbocycles. The van der Waals surface area contributed by atoms with Crippen LogP contribution in [0.25, 0.3) is 0 Å². The SMILES string of the molecule is Cc1cc(NC(=O)NCCCn2ccnn2)ccc1[N+](=O)[O-]. The predicted octanol–water partition coefficient (Wildman–Crippen LogP) is 1.71. The van der Waals surface area contributed by atoms with Crippen molar-refractivity contribution in [3.05, 3.63) is 46.3 Å². The third kappa shape index (κ3) is 4.27. The van der Waals surface area contributed by atoms with E-state index in [1.54, 1.807) is 30.1 Å². The molecule has 22 heavy (non-hydrogen) atoms. The molecule has 0 spiro atoms. The quantitative estimate of drug-likeness (QED) is 0.479. The van der Waals surface area contributed by atoms with Gasteiger partial charge in [-0.3, -0.25) is 14.8 Å². The summed E-state index contributed by atoms with van der Waals surface area (Å²) < 4.78 is 1.68. The Labute approximate surface area is 126 Å². The van der Waals surface area contributed by atoms with Crippen molar-refractivity contribution in [3.8, 4) is 0 Å². The van der Waals surface area contributed by atoms with Gasteiger partial charge in [-0.25, -0.2) is 4.79 Å². The topological polar surface area (TPSA) is 115 Å². The van der Waals surface area contributed by atoms with Gasteiger partial charge in [0.25, 0.3) is 5.69 Å². The van der Waals surface area contributed by atoms with E-state index in [1.165, 1.54) is 12.1 Å². The largest absolute Gasteiger partial charge is 0.338 e. The highest BCUT2D eigenvalue weighted by molar-refractivity contribution is 5.89. The number of nitro benzene ring substituents is 1. The number of anilines is 1. The van der Waals surface area contributed by atoms with E-state index in [2.05, 4.69) is 20.9 Å². The van der Waals surface area contributed by atoms with Crippen LogP contribution in [0.1, 0.15) is 12.0 Å². The molecule has 0 unspecified atom stereocenters. The molecule has 2 N–H and O–H groups in total. The molecule has 1 aromatic carbocycles. The standard InChI is InChI=1S/C13H16N6O3/c1-10-9-11(3-4-12(10)19(21)22)16-13(20)14-5-2-7-18-8-6-15-17-18/h3-4,6,8-9H,2,5,7H2,1H3,(H2,14,16,20). The Morgan fingerprint density at radius 3 is 2.91 bits per heavy atom. The minimum absolute atomic E-state index is 0.0267. The lowest BCUT2D eigenvalue weighted by Crippen LogP contribution is -2.30. The number of benzene rings is 1. The zero-order valence-corrected chi connectivity index (χ0v) is 12.0. The highest BCUT2D eigenvalue weighted by atomic mass is 16.6. The molecular formula is C13H16N6O3. The van der Waals surface area contributed by atoms with Crippen LogP contribution in [-0.2, 0) is 6.54 Å². The third-order valence-corrected chi connectivity index (χ3v) is 2.97. The molecule has 0 aliphatic heterocycles. The second kappa shape index (κ2) is 7.16. The van der Waals surface area contributed by atoms with Gasteiger partial charge >= 0.3 is 6.03 Å². The zero-order valence-electron chi connectivity index (χ0n) is 12.0. The summed E-state index contributed by atoms with van der Waals surface area (Å²) in [6.07, 6.45) is 4.06. The number of carbonyl (C=O) groups excluding carboxylic acids is 1. The minimum atomic E-state index is -0.455. The molecule has 0 atom stereocenters. The molecule has 2 amide bonds. The van der Waals surface area contributed by atoms with E-state index < -0.39 is 4.92 Å². The van der Waals surface area contributed by atoms with Crippen LogP contribution in [0.4, 0.5) is 16.2 Å². The maximum Gasteiger partial charge on any atom is 0.319 e. The van der Waals surface area contributed by atoms with Crippen molar-refractivity contribution in [1.29, 1.82) is 0 Å². The molecule has 0 aliphatic rings. The monoisotopic (exact) mass is 304 g/mol. The summed E-state index contributed by atoms with van der Waals surface area (Å²) >= 11 is 0. The van der Waals surface area contributed by atoms with Crippen LogP contribution in [0.5, 0.6) is 0 Å². The Bertz CT molecular complexity index is 656. The lowest BCUT2D eigenvalue weighted by molar-refractivity contribution is -0.385. The predicted molar refractivity (Wildman–Crippen MR) is 79.5 cm³/mol. The molecule has 0 radical (unpaired) electrons. The van der Waals surface area contributed by atoms with E-state index >= 15 is 0 Å². The van der Waals surface area contributed by atoms with Gasteiger partial charge in [0.1, 0.15) is 0 Å². The molecule has 1 heterocycles. The first kappa shape index (κ1) is 15.4. The summed E-state index contributed by atoms with van der Waals surface area (Å²) in [6.45, 7) is 2.77. The van der Waals surface area contributed by atoms with E-state index in [-0.39, 0.29) is 11.7 Å². The fourth-order valence-electron chi connectivity index (χ4n) is 1.91. The second-order valence-electron chi connectivity index (χ2n) is 4.66. The van der Waals surface area contributed by atoms with Crippen LogP contribution in [0.2, 0.25) is 0 Å². The molecule has 2 rings (SSSR count). The van der Waals surface area contributed by atoms with Gasteiger partial charge in [-0.15, -0.1) is 5.10 Å². The molecule has 1 aromatic heterocycles. The summed E-state index contributed by atoms with van der Waals surface area (Å²) in [7, 11) is 0. The maximum atomic E-state index is 11.7. The number of rotatable bonds is 6. The molecule has 0 bridgehead atoms. The first-order valence-corrected chi connectivity index (χ1v) is 6.70. The number of hydrogen-bond acceptors (Lipinski definition) is 5. The van der Waals surface area contributed by atoms with Gasteiger partial charge in [0, 0.05) is 36.6 Å². The van der Waals surface area contributed by atoms with Gasteiger partial charge in [0.2, 0.25) is 0 Å². The van der Waals surface area contributed by atoms with Gasteiger partial charge in [0.05, 0.1) is 11.1 Å². The van der Waals surface area contributed by atoms with Crippen molar-refractivity contribution in [3.63, 3.8) is 0 Å². The van der Waals surface area contributed by atoms with Crippen LogP contribution >= 0.6 is 0 Å². The summed E-state index contributed by atoms with van der Waals surface area (Å²) in [5, 5.41) is 23.6. The number of amides is 2. The van der Waals surface area contributed by atoms with Crippen molar-refractivity contribution in [2.24, 2.45) is 0 Å². The van der Waals surface area contributed by atoms with Crippen molar-refractivity contribution in [2.75, 3.05) is 11.9 Å². The Balaban J connectivity index is 1.77. The molecule has 0 fully saturated rings. The Morgan fingerprint density at radius 1 is 1.45 bits per heavy atom. The van der Waals surface area contributed by atoms with Gasteiger partial charge in [-0.2, -0.15) is 0 Å². The number of nitro groups is 1. The summed E-state index contributed by atoms with van der Waals surface area (Å²) in [4.78, 5) is 22.0. The number of carbonyl (C=O) groups is 1. The number of aromatic nitrogens is 3. The lowest BCUT2D eigenvalue weighted by atomic mass is 10.2. The third-order valence-electron chi connectivity index (χ3n) is 2.97. The molecular weight excluding hydrogens is 288 g/mol. The van der Waals surface area contributed by atoms with Crippen LogP contribution in [-0.4, -0.2) is 32.5 Å². The second-order valence-corrected chi connectivity index (χ2v) is 4.66. The number of aryl methyl sites for hydroxylation is 2. The van der Waals surface area contributed by atoms with E-state index in [4.69, 9.17) is 0 Å².